The number of benzene rings is 1. The molecular formula is C20H22ClN5O3. The number of carbonyl (C=O) groups excluding carboxylic acids is 3. The number of anilines is 1. The van der Waals surface area contributed by atoms with Crippen molar-refractivity contribution < 1.29 is 14.4 Å². The van der Waals surface area contributed by atoms with E-state index in [1.807, 2.05) is 6.92 Å². The van der Waals surface area contributed by atoms with Crippen LogP contribution < -0.4 is 5.32 Å². The molecule has 1 aromatic carbocycles. The molecule has 9 heteroatoms. The number of aromatic nitrogens is 2. The number of aryl methyl sites for hydroxylation is 2. The first-order chi connectivity index (χ1) is 13.8. The molecule has 1 aliphatic heterocycles. The number of nitrogens with zero attached hydrogens (tertiary/aromatic N) is 4. The molecular weight excluding hydrogens is 394 g/mol. The summed E-state index contributed by atoms with van der Waals surface area (Å²) < 4.78 is 1.54. The van der Waals surface area contributed by atoms with Gasteiger partial charge in [0, 0.05) is 50.0 Å². The van der Waals surface area contributed by atoms with Crippen LogP contribution in [0.4, 0.5) is 5.69 Å². The van der Waals surface area contributed by atoms with Gasteiger partial charge in [0.15, 0.2) is 0 Å². The van der Waals surface area contributed by atoms with Gasteiger partial charge in [0.2, 0.25) is 5.91 Å². The third-order valence-corrected chi connectivity index (χ3v) is 4.99. The van der Waals surface area contributed by atoms with E-state index in [2.05, 4.69) is 10.4 Å². The molecule has 3 rings (SSSR count). The normalized spacial score (nSPS) is 13.9. The lowest BCUT2D eigenvalue weighted by Crippen LogP contribution is -2.44. The van der Waals surface area contributed by atoms with Crippen LogP contribution in [0.15, 0.2) is 30.3 Å². The van der Waals surface area contributed by atoms with Crippen LogP contribution >= 0.6 is 11.6 Å². The average Bonchev–Trinajstić information content (AvgIpc) is 3.24. The number of nitrogens with one attached hydrogen (secondary N) is 1. The van der Waals surface area contributed by atoms with E-state index in [1.165, 1.54) is 27.7 Å². The summed E-state index contributed by atoms with van der Waals surface area (Å²) in [4.78, 5) is 36.9. The zero-order valence-electron chi connectivity index (χ0n) is 16.5. The summed E-state index contributed by atoms with van der Waals surface area (Å²) in [5, 5.41) is 10.2. The van der Waals surface area contributed by atoms with Crippen molar-refractivity contribution in [3.05, 3.63) is 52.3 Å². The number of rotatable bonds is 4. The van der Waals surface area contributed by atoms with Gasteiger partial charge in [0.25, 0.3) is 11.8 Å². The van der Waals surface area contributed by atoms with Crippen LogP contribution in [0.1, 0.15) is 35.0 Å². The number of halogens is 1. The third kappa shape index (κ3) is 4.48. The minimum Gasteiger partial charge on any atom is -0.326 e. The van der Waals surface area contributed by atoms with Gasteiger partial charge in [0.1, 0.15) is 5.15 Å². The van der Waals surface area contributed by atoms with Crippen molar-refractivity contribution in [2.24, 2.45) is 7.05 Å². The summed E-state index contributed by atoms with van der Waals surface area (Å²) >= 11 is 6.20. The van der Waals surface area contributed by atoms with Crippen molar-refractivity contribution in [2.45, 2.75) is 20.3 Å². The van der Waals surface area contributed by atoms with E-state index in [0.29, 0.717) is 47.2 Å². The molecule has 8 nitrogen and oxygen atoms in total. The second-order valence-electron chi connectivity index (χ2n) is 6.75. The van der Waals surface area contributed by atoms with Crippen molar-refractivity contribution in [3.63, 3.8) is 0 Å². The molecule has 1 aromatic heterocycles. The molecule has 0 spiro atoms. The highest BCUT2D eigenvalue weighted by molar-refractivity contribution is 6.31. The fourth-order valence-electron chi connectivity index (χ4n) is 3.21. The highest BCUT2D eigenvalue weighted by Gasteiger charge is 2.30. The van der Waals surface area contributed by atoms with Gasteiger partial charge in [0.05, 0.1) is 5.69 Å². The fourth-order valence-corrected chi connectivity index (χ4v) is 3.45. The summed E-state index contributed by atoms with van der Waals surface area (Å²) in [6.45, 7) is 4.09. The fraction of sp³-hybridized carbons (Fsp3) is 0.300. The minimum atomic E-state index is -0.312. The molecule has 1 saturated heterocycles. The van der Waals surface area contributed by atoms with Gasteiger partial charge in [-0.15, -0.1) is 0 Å². The van der Waals surface area contributed by atoms with Gasteiger partial charge in [-0.2, -0.15) is 5.10 Å². The van der Waals surface area contributed by atoms with Crippen molar-refractivity contribution >= 4 is 41.1 Å². The number of hydrazine groups is 1. The van der Waals surface area contributed by atoms with E-state index < -0.39 is 0 Å². The number of carbonyl (C=O) groups is 3. The molecule has 2 heterocycles. The van der Waals surface area contributed by atoms with Gasteiger partial charge < -0.3 is 5.32 Å². The molecule has 0 saturated carbocycles. The molecule has 2 aromatic rings. The Labute approximate surface area is 173 Å². The van der Waals surface area contributed by atoms with Crippen LogP contribution in [0, 0.1) is 6.92 Å². The maximum absolute atomic E-state index is 12.9. The Morgan fingerprint density at radius 1 is 1.21 bits per heavy atom. The van der Waals surface area contributed by atoms with E-state index in [1.54, 1.807) is 37.4 Å². The summed E-state index contributed by atoms with van der Waals surface area (Å²) in [6.07, 6.45) is 3.70. The van der Waals surface area contributed by atoms with Crippen LogP contribution in [-0.2, 0) is 16.6 Å². The smallest absolute Gasteiger partial charge is 0.272 e. The van der Waals surface area contributed by atoms with Gasteiger partial charge >= 0.3 is 0 Å². The second kappa shape index (κ2) is 8.48. The maximum Gasteiger partial charge on any atom is 0.272 e. The molecule has 1 N–H and O–H groups in total. The molecule has 0 unspecified atom stereocenters. The standard InChI is InChI=1S/C20H22ClN5O3/c1-13-17(19(21)24(3)23-13)8-9-18(28)25-10-5-11-26(25)20(29)15-6-4-7-16(12-15)22-14(2)27/h4,6-9,12H,5,10-11H2,1-3H3,(H,22,27)/b9-8+. The third-order valence-electron chi connectivity index (χ3n) is 4.54. The van der Waals surface area contributed by atoms with Crippen LogP contribution in [0.2, 0.25) is 5.15 Å². The Kier molecular flexibility index (Phi) is 6.03. The van der Waals surface area contributed by atoms with Gasteiger partial charge in [-0.25, -0.2) is 10.0 Å². The van der Waals surface area contributed by atoms with Gasteiger partial charge in [-0.3, -0.25) is 19.1 Å². The number of amides is 3. The molecule has 152 valence electrons. The lowest BCUT2D eigenvalue weighted by molar-refractivity contribution is -0.134. The van der Waals surface area contributed by atoms with E-state index in [0.717, 1.165) is 0 Å². The Morgan fingerprint density at radius 2 is 1.93 bits per heavy atom. The molecule has 3 amide bonds. The predicted molar refractivity (Wildman–Crippen MR) is 110 cm³/mol. The van der Waals surface area contributed by atoms with Crippen LogP contribution in [-0.4, -0.2) is 50.6 Å². The molecule has 1 fully saturated rings. The van der Waals surface area contributed by atoms with E-state index >= 15 is 0 Å². The molecule has 0 atom stereocenters. The van der Waals surface area contributed by atoms with Crippen molar-refractivity contribution in [3.8, 4) is 0 Å². The molecule has 0 bridgehead atoms. The highest BCUT2D eigenvalue weighted by Crippen LogP contribution is 2.22. The maximum atomic E-state index is 12.9. The first-order valence-electron chi connectivity index (χ1n) is 9.16. The van der Waals surface area contributed by atoms with Crippen molar-refractivity contribution in [1.29, 1.82) is 0 Å². The summed E-state index contributed by atoms with van der Waals surface area (Å²) in [5.74, 6) is -0.831. The predicted octanol–water partition coefficient (Wildman–Crippen LogP) is 2.64. The van der Waals surface area contributed by atoms with Crippen LogP contribution in [0.3, 0.4) is 0 Å². The Hall–Kier alpha value is -3.13. The quantitative estimate of drug-likeness (QED) is 0.777. The zero-order chi connectivity index (χ0) is 21.1. The van der Waals surface area contributed by atoms with Crippen LogP contribution in [0.25, 0.3) is 6.08 Å². The Bertz CT molecular complexity index is 998. The molecule has 0 aliphatic carbocycles. The zero-order valence-corrected chi connectivity index (χ0v) is 17.2. The molecule has 1 aliphatic rings. The van der Waals surface area contributed by atoms with Gasteiger partial charge in [-0.05, 0) is 37.6 Å². The van der Waals surface area contributed by atoms with E-state index in [9.17, 15) is 14.4 Å². The van der Waals surface area contributed by atoms with E-state index in [-0.39, 0.29) is 17.7 Å². The summed E-state index contributed by atoms with van der Waals surface area (Å²) in [6, 6.07) is 6.64. The highest BCUT2D eigenvalue weighted by atomic mass is 35.5. The first-order valence-corrected chi connectivity index (χ1v) is 9.54. The Morgan fingerprint density at radius 3 is 2.59 bits per heavy atom. The minimum absolute atomic E-state index is 0.220. The van der Waals surface area contributed by atoms with E-state index in [4.69, 9.17) is 11.6 Å². The van der Waals surface area contributed by atoms with Crippen LogP contribution in [0.5, 0.6) is 0 Å². The SMILES string of the molecule is CC(=O)Nc1cccc(C(=O)N2CCCN2C(=O)/C=C/c2c(C)nn(C)c2Cl)c1. The lowest BCUT2D eigenvalue weighted by Gasteiger charge is -2.27. The average molecular weight is 416 g/mol. The topological polar surface area (TPSA) is 87.5 Å². The van der Waals surface area contributed by atoms with Crippen molar-refractivity contribution in [1.82, 2.24) is 19.8 Å². The summed E-state index contributed by atoms with van der Waals surface area (Å²) in [5.41, 5.74) is 2.31. The number of hydrogen-bond donors (Lipinski definition) is 1. The van der Waals surface area contributed by atoms with Gasteiger partial charge in [-0.1, -0.05) is 17.7 Å². The largest absolute Gasteiger partial charge is 0.326 e. The molecule has 29 heavy (non-hydrogen) atoms. The lowest BCUT2D eigenvalue weighted by atomic mass is 10.2. The number of hydrogen-bond acceptors (Lipinski definition) is 4. The monoisotopic (exact) mass is 415 g/mol. The first kappa shape index (κ1) is 20.6. The molecule has 0 radical (unpaired) electrons. The summed E-state index contributed by atoms with van der Waals surface area (Å²) in [7, 11) is 1.73. The van der Waals surface area contributed by atoms with Crippen molar-refractivity contribution in [2.75, 3.05) is 18.4 Å². The second-order valence-corrected chi connectivity index (χ2v) is 7.11. The Balaban J connectivity index is 1.77.